The third kappa shape index (κ3) is 2.97. The van der Waals surface area contributed by atoms with Crippen LogP contribution in [0.2, 0.25) is 0 Å². The van der Waals surface area contributed by atoms with Crippen molar-refractivity contribution in [1.29, 1.82) is 0 Å². The molecule has 2 atom stereocenters. The van der Waals surface area contributed by atoms with Crippen molar-refractivity contribution in [1.82, 2.24) is 20.4 Å². The van der Waals surface area contributed by atoms with E-state index in [4.69, 9.17) is 0 Å². The first kappa shape index (κ1) is 14.5. The first-order valence-electron chi connectivity index (χ1n) is 6.89. The second kappa shape index (κ2) is 6.02. The smallest absolute Gasteiger partial charge is 0.246 e. The van der Waals surface area contributed by atoms with E-state index in [1.54, 1.807) is 4.90 Å². The summed E-state index contributed by atoms with van der Waals surface area (Å²) in [6.07, 6.45) is 2.41. The van der Waals surface area contributed by atoms with Crippen LogP contribution in [0, 0.1) is 5.92 Å². The van der Waals surface area contributed by atoms with Gasteiger partial charge in [0.2, 0.25) is 18.2 Å². The van der Waals surface area contributed by atoms with E-state index < -0.39 is 12.1 Å². The molecular weight excluding hydrogens is 260 g/mol. The summed E-state index contributed by atoms with van der Waals surface area (Å²) >= 11 is 0. The Morgan fingerprint density at radius 3 is 2.75 bits per heavy atom. The zero-order chi connectivity index (χ0) is 14.7. The van der Waals surface area contributed by atoms with Gasteiger partial charge in [-0.05, 0) is 18.8 Å². The Morgan fingerprint density at radius 2 is 2.20 bits per heavy atom. The van der Waals surface area contributed by atoms with Gasteiger partial charge in [0.25, 0.3) is 0 Å². The van der Waals surface area contributed by atoms with Crippen molar-refractivity contribution in [3.63, 3.8) is 0 Å². The molecule has 2 rings (SSSR count). The van der Waals surface area contributed by atoms with Crippen molar-refractivity contribution in [2.75, 3.05) is 0 Å². The van der Waals surface area contributed by atoms with E-state index in [-0.39, 0.29) is 18.4 Å². The SMILES string of the molecule is CCC1C(=O)NC(CC(C)C)C(=O)N1Cc1ncon1. The first-order chi connectivity index (χ1) is 9.52. The van der Waals surface area contributed by atoms with E-state index in [1.165, 1.54) is 6.39 Å². The summed E-state index contributed by atoms with van der Waals surface area (Å²) in [6.45, 7) is 6.13. The number of piperazine rings is 1. The molecule has 0 radical (unpaired) electrons. The van der Waals surface area contributed by atoms with Crippen molar-refractivity contribution in [3.8, 4) is 0 Å². The van der Waals surface area contributed by atoms with E-state index in [0.717, 1.165) is 0 Å². The van der Waals surface area contributed by atoms with E-state index in [0.29, 0.717) is 24.6 Å². The fourth-order valence-electron chi connectivity index (χ4n) is 2.46. The summed E-state index contributed by atoms with van der Waals surface area (Å²) in [6, 6.07) is -0.929. The number of carbonyl (C=O) groups is 2. The lowest BCUT2D eigenvalue weighted by Crippen LogP contribution is -2.63. The number of hydrogen-bond donors (Lipinski definition) is 1. The van der Waals surface area contributed by atoms with Crippen LogP contribution in [0.3, 0.4) is 0 Å². The summed E-state index contributed by atoms with van der Waals surface area (Å²) in [7, 11) is 0. The lowest BCUT2D eigenvalue weighted by Gasteiger charge is -2.38. The number of hydrogen-bond acceptors (Lipinski definition) is 5. The average molecular weight is 280 g/mol. The molecule has 0 aliphatic carbocycles. The molecule has 1 aliphatic rings. The highest BCUT2D eigenvalue weighted by atomic mass is 16.5. The fourth-order valence-corrected chi connectivity index (χ4v) is 2.46. The van der Waals surface area contributed by atoms with E-state index >= 15 is 0 Å². The lowest BCUT2D eigenvalue weighted by molar-refractivity contribution is -0.150. The maximum Gasteiger partial charge on any atom is 0.246 e. The number of rotatable bonds is 5. The maximum absolute atomic E-state index is 12.5. The van der Waals surface area contributed by atoms with E-state index in [2.05, 4.69) is 20.0 Å². The highest BCUT2D eigenvalue weighted by molar-refractivity contribution is 5.96. The monoisotopic (exact) mass is 280 g/mol. The number of carbonyl (C=O) groups excluding carboxylic acids is 2. The predicted octanol–water partition coefficient (Wildman–Crippen LogP) is 0.721. The van der Waals surface area contributed by atoms with Crippen molar-refractivity contribution < 1.29 is 14.1 Å². The molecule has 0 bridgehead atoms. The molecule has 1 N–H and O–H groups in total. The third-order valence-electron chi connectivity index (χ3n) is 3.39. The Bertz CT molecular complexity index is 472. The number of aromatic nitrogens is 2. The van der Waals surface area contributed by atoms with Crippen LogP contribution >= 0.6 is 0 Å². The van der Waals surface area contributed by atoms with Gasteiger partial charge in [-0.1, -0.05) is 25.9 Å². The number of nitrogens with zero attached hydrogens (tertiary/aromatic N) is 3. The molecule has 0 saturated carbocycles. The minimum Gasteiger partial charge on any atom is -0.343 e. The Morgan fingerprint density at radius 1 is 1.45 bits per heavy atom. The molecule has 2 amide bonds. The van der Waals surface area contributed by atoms with Gasteiger partial charge >= 0.3 is 0 Å². The van der Waals surface area contributed by atoms with Crippen LogP contribution in [-0.2, 0) is 16.1 Å². The Hall–Kier alpha value is -1.92. The molecule has 7 nitrogen and oxygen atoms in total. The average Bonchev–Trinajstić information content (AvgIpc) is 2.88. The first-order valence-corrected chi connectivity index (χ1v) is 6.89. The van der Waals surface area contributed by atoms with Gasteiger partial charge in [0.1, 0.15) is 12.1 Å². The molecule has 2 unspecified atom stereocenters. The molecule has 7 heteroatoms. The summed E-state index contributed by atoms with van der Waals surface area (Å²) < 4.78 is 4.68. The normalized spacial score (nSPS) is 23.3. The van der Waals surface area contributed by atoms with Crippen LogP contribution in [0.25, 0.3) is 0 Å². The third-order valence-corrected chi connectivity index (χ3v) is 3.39. The zero-order valence-electron chi connectivity index (χ0n) is 12.0. The molecular formula is C13H20N4O3. The van der Waals surface area contributed by atoms with Gasteiger partial charge in [-0.3, -0.25) is 9.59 Å². The second-order valence-electron chi connectivity index (χ2n) is 5.43. The molecule has 1 saturated heterocycles. The van der Waals surface area contributed by atoms with Crippen LogP contribution in [0.1, 0.15) is 39.4 Å². The van der Waals surface area contributed by atoms with E-state index in [9.17, 15) is 9.59 Å². The van der Waals surface area contributed by atoms with Gasteiger partial charge in [0.15, 0.2) is 5.82 Å². The van der Waals surface area contributed by atoms with Crippen molar-refractivity contribution in [3.05, 3.63) is 12.2 Å². The van der Waals surface area contributed by atoms with Crippen LogP contribution in [0.4, 0.5) is 0 Å². The van der Waals surface area contributed by atoms with Gasteiger partial charge in [0, 0.05) is 0 Å². The molecule has 20 heavy (non-hydrogen) atoms. The van der Waals surface area contributed by atoms with Gasteiger partial charge in [-0.25, -0.2) is 0 Å². The molecule has 1 aliphatic heterocycles. The van der Waals surface area contributed by atoms with Gasteiger partial charge < -0.3 is 14.7 Å². The van der Waals surface area contributed by atoms with Crippen molar-refractivity contribution >= 4 is 11.8 Å². The molecule has 1 aromatic rings. The van der Waals surface area contributed by atoms with Gasteiger partial charge in [0.05, 0.1) is 6.54 Å². The maximum atomic E-state index is 12.5. The zero-order valence-corrected chi connectivity index (χ0v) is 12.0. The van der Waals surface area contributed by atoms with Crippen molar-refractivity contribution in [2.24, 2.45) is 5.92 Å². The standard InChI is InChI=1S/C13H20N4O3/c1-4-10-12(18)15-9(5-8(2)3)13(19)17(10)6-11-14-7-20-16-11/h7-10H,4-6H2,1-3H3,(H,15,18). The fraction of sp³-hybridized carbons (Fsp3) is 0.692. The van der Waals surface area contributed by atoms with Crippen LogP contribution in [-0.4, -0.2) is 38.9 Å². The molecule has 110 valence electrons. The molecule has 0 aromatic carbocycles. The van der Waals surface area contributed by atoms with Crippen molar-refractivity contribution in [2.45, 2.75) is 52.2 Å². The lowest BCUT2D eigenvalue weighted by atomic mass is 9.97. The summed E-state index contributed by atoms with van der Waals surface area (Å²) in [5.41, 5.74) is 0. The minimum atomic E-state index is -0.468. The van der Waals surface area contributed by atoms with E-state index in [1.807, 2.05) is 20.8 Å². The summed E-state index contributed by atoms with van der Waals surface area (Å²) in [5, 5.41) is 6.53. The Labute approximate surface area is 117 Å². The molecule has 2 heterocycles. The highest BCUT2D eigenvalue weighted by Gasteiger charge is 2.40. The second-order valence-corrected chi connectivity index (χ2v) is 5.43. The molecule has 1 fully saturated rings. The van der Waals surface area contributed by atoms with Crippen LogP contribution < -0.4 is 5.32 Å². The quantitative estimate of drug-likeness (QED) is 0.858. The number of nitrogens with one attached hydrogen (secondary N) is 1. The Balaban J connectivity index is 2.18. The molecule has 1 aromatic heterocycles. The number of amides is 2. The summed E-state index contributed by atoms with van der Waals surface area (Å²) in [5.74, 6) is 0.556. The Kier molecular flexibility index (Phi) is 4.36. The largest absolute Gasteiger partial charge is 0.343 e. The molecule has 0 spiro atoms. The minimum absolute atomic E-state index is 0.0741. The van der Waals surface area contributed by atoms with Gasteiger partial charge in [-0.2, -0.15) is 4.98 Å². The highest BCUT2D eigenvalue weighted by Crippen LogP contribution is 2.19. The van der Waals surface area contributed by atoms with Gasteiger partial charge in [-0.15, -0.1) is 0 Å². The summed E-state index contributed by atoms with van der Waals surface area (Å²) in [4.78, 5) is 30.1. The predicted molar refractivity (Wildman–Crippen MR) is 70.3 cm³/mol. The van der Waals surface area contributed by atoms with Crippen LogP contribution in [0.5, 0.6) is 0 Å². The van der Waals surface area contributed by atoms with Crippen LogP contribution in [0.15, 0.2) is 10.9 Å². The topological polar surface area (TPSA) is 88.3 Å².